The highest BCUT2D eigenvalue weighted by atomic mass is 32.1. The van der Waals surface area contributed by atoms with Crippen molar-refractivity contribution < 1.29 is 2.85 Å². The van der Waals surface area contributed by atoms with Gasteiger partial charge in [-0.25, -0.2) is 0 Å². The molecule has 0 atom stereocenters. The molecule has 0 unspecified atom stereocenters. The lowest BCUT2D eigenvalue weighted by atomic mass is 10.0. The number of benzene rings is 2. The monoisotopic (exact) mass is 302 g/mol. The molecule has 0 spiro atoms. The Labute approximate surface area is 135 Å². The Morgan fingerprint density at radius 2 is 1.52 bits per heavy atom. The van der Waals surface area contributed by atoms with Crippen molar-refractivity contribution in [1.29, 1.82) is 0 Å². The van der Waals surface area contributed by atoms with E-state index in [1.165, 1.54) is 23.1 Å². The normalized spacial score (nSPS) is 10.2. The Morgan fingerprint density at radius 1 is 0.952 bits per heavy atom. The number of aryl methyl sites for hydroxylation is 1. The molecule has 0 amide bonds. The predicted octanol–water partition coefficient (Wildman–Crippen LogP) is 5.10. The van der Waals surface area contributed by atoms with Gasteiger partial charge in [-0.1, -0.05) is 49.7 Å². The van der Waals surface area contributed by atoms with Crippen molar-refractivity contribution >= 4 is 23.0 Å². The first-order valence-corrected chi connectivity index (χ1v) is 7.88. The number of hydrogen-bond donors (Lipinski definition) is 2. The highest BCUT2D eigenvalue weighted by Gasteiger charge is 2.00. The van der Waals surface area contributed by atoms with Crippen LogP contribution in [0.4, 0.5) is 5.69 Å². The summed E-state index contributed by atoms with van der Waals surface area (Å²) in [5.74, 6) is 0. The lowest BCUT2D eigenvalue weighted by molar-refractivity contribution is 0.922. The summed E-state index contributed by atoms with van der Waals surface area (Å²) in [5, 5.41) is 6.91. The number of hydrogen-bond acceptors (Lipinski definition) is 1. The van der Waals surface area contributed by atoms with Crippen LogP contribution >= 0.6 is 12.2 Å². The van der Waals surface area contributed by atoms with E-state index in [2.05, 4.69) is 66.1 Å². The number of anilines is 1. The lowest BCUT2D eigenvalue weighted by Gasteiger charge is -2.10. The molecule has 2 N–H and O–H groups in total. The van der Waals surface area contributed by atoms with Gasteiger partial charge in [-0.2, -0.15) is 0 Å². The molecule has 2 nitrogen and oxygen atoms in total. The first-order chi connectivity index (χ1) is 10.2. The Bertz CT molecular complexity index is 583. The van der Waals surface area contributed by atoms with E-state index in [1.807, 2.05) is 6.92 Å². The summed E-state index contributed by atoms with van der Waals surface area (Å²) >= 11 is 5.18. The molecule has 3 heteroatoms. The average molecular weight is 302 g/mol. The van der Waals surface area contributed by atoms with Gasteiger partial charge >= 0.3 is 0 Å². The van der Waals surface area contributed by atoms with Crippen LogP contribution in [0.25, 0.3) is 11.1 Å². The molecular formula is C18H26N2S. The van der Waals surface area contributed by atoms with Gasteiger partial charge in [0, 0.05) is 15.1 Å². The van der Waals surface area contributed by atoms with Crippen LogP contribution in [-0.2, 0) is 6.42 Å². The Hall–Kier alpha value is -1.87. The van der Waals surface area contributed by atoms with Gasteiger partial charge in [-0.3, -0.25) is 0 Å². The zero-order valence-electron chi connectivity index (χ0n) is 12.6. The van der Waals surface area contributed by atoms with Crippen molar-refractivity contribution in [2.45, 2.75) is 26.7 Å². The predicted molar refractivity (Wildman–Crippen MR) is 100.0 cm³/mol. The summed E-state index contributed by atoms with van der Waals surface area (Å²) in [7, 11) is 0. The van der Waals surface area contributed by atoms with Gasteiger partial charge in [0.2, 0.25) is 0 Å². The minimum atomic E-state index is 0. The van der Waals surface area contributed by atoms with Gasteiger partial charge in [0.25, 0.3) is 0 Å². The second-order valence-electron chi connectivity index (χ2n) is 5.01. The zero-order valence-corrected chi connectivity index (χ0v) is 13.5. The highest BCUT2D eigenvalue weighted by Crippen LogP contribution is 2.22. The van der Waals surface area contributed by atoms with Crippen molar-refractivity contribution in [1.82, 2.24) is 5.32 Å². The van der Waals surface area contributed by atoms with Crippen LogP contribution < -0.4 is 10.6 Å². The first-order valence-electron chi connectivity index (χ1n) is 7.47. The average Bonchev–Trinajstić information content (AvgIpc) is 2.49. The molecule has 0 aliphatic carbocycles. The molecule has 114 valence electrons. The Morgan fingerprint density at radius 3 is 2.05 bits per heavy atom. The maximum atomic E-state index is 5.18. The largest absolute Gasteiger partial charge is 0.363 e. The van der Waals surface area contributed by atoms with E-state index in [-0.39, 0.29) is 2.85 Å². The minimum Gasteiger partial charge on any atom is -0.363 e. The van der Waals surface area contributed by atoms with E-state index >= 15 is 0 Å². The van der Waals surface area contributed by atoms with Crippen LogP contribution in [-0.4, -0.2) is 11.7 Å². The van der Waals surface area contributed by atoms with Crippen LogP contribution in [0.15, 0.2) is 48.5 Å². The number of thiocarbonyl (C=S) groups is 1. The van der Waals surface area contributed by atoms with E-state index < -0.39 is 0 Å². The fraction of sp³-hybridized carbons (Fsp3) is 0.278. The SMILES string of the molecule is CCCc1ccc(-c2ccc(NC(=S)NCC)cc2)cc1.[HH].[HH]. The second-order valence-corrected chi connectivity index (χ2v) is 5.42. The molecule has 2 rings (SSSR count). The van der Waals surface area contributed by atoms with Crippen molar-refractivity contribution in [2.75, 3.05) is 11.9 Å². The standard InChI is InChI=1S/C18H22N2S.2H2/c1-3-5-14-6-8-15(9-7-14)16-10-12-17(13-11-16)20-18(21)19-4-2;;/h6-13H,3-5H2,1-2H3,(H2,19,20,21);2*1H. The lowest BCUT2D eigenvalue weighted by Crippen LogP contribution is -2.27. The molecule has 0 saturated carbocycles. The van der Waals surface area contributed by atoms with Crippen molar-refractivity contribution in [2.24, 2.45) is 0 Å². The molecule has 0 fully saturated rings. The summed E-state index contributed by atoms with van der Waals surface area (Å²) < 4.78 is 0. The molecule has 2 aromatic carbocycles. The molecule has 21 heavy (non-hydrogen) atoms. The molecule has 0 saturated heterocycles. The highest BCUT2D eigenvalue weighted by molar-refractivity contribution is 7.80. The first kappa shape index (κ1) is 15.5. The van der Waals surface area contributed by atoms with Gasteiger partial charge in [0.1, 0.15) is 0 Å². The molecule has 0 heterocycles. The van der Waals surface area contributed by atoms with E-state index in [4.69, 9.17) is 12.2 Å². The third-order valence-electron chi connectivity index (χ3n) is 3.31. The van der Waals surface area contributed by atoms with E-state index in [1.54, 1.807) is 0 Å². The molecule has 0 radical (unpaired) electrons. The zero-order chi connectivity index (χ0) is 15.1. The van der Waals surface area contributed by atoms with E-state index in [9.17, 15) is 0 Å². The van der Waals surface area contributed by atoms with Gasteiger partial charge in [-0.15, -0.1) is 0 Å². The molecule has 0 bridgehead atoms. The third kappa shape index (κ3) is 4.57. The third-order valence-corrected chi connectivity index (χ3v) is 3.55. The fourth-order valence-corrected chi connectivity index (χ4v) is 2.50. The summed E-state index contributed by atoms with van der Waals surface area (Å²) in [6.07, 6.45) is 2.33. The summed E-state index contributed by atoms with van der Waals surface area (Å²) in [6.45, 7) is 5.06. The molecule has 0 aliphatic rings. The Balaban J connectivity index is 0.00000242. The topological polar surface area (TPSA) is 24.1 Å². The Kier molecular flexibility index (Phi) is 5.76. The summed E-state index contributed by atoms with van der Waals surface area (Å²) in [6, 6.07) is 17.2. The van der Waals surface area contributed by atoms with Crippen LogP contribution in [0, 0.1) is 0 Å². The maximum absolute atomic E-state index is 5.18. The smallest absolute Gasteiger partial charge is 0.170 e. The molecule has 0 aromatic heterocycles. The molecule has 2 aromatic rings. The van der Waals surface area contributed by atoms with Gasteiger partial charge in [0.05, 0.1) is 0 Å². The minimum absolute atomic E-state index is 0. The summed E-state index contributed by atoms with van der Waals surface area (Å²) in [4.78, 5) is 0. The fourth-order valence-electron chi connectivity index (χ4n) is 2.23. The van der Waals surface area contributed by atoms with E-state index in [0.29, 0.717) is 5.11 Å². The van der Waals surface area contributed by atoms with Gasteiger partial charge in [0.15, 0.2) is 5.11 Å². The molecule has 0 aliphatic heterocycles. The van der Waals surface area contributed by atoms with Gasteiger partial charge < -0.3 is 10.6 Å². The molecular weight excluding hydrogens is 276 g/mol. The maximum Gasteiger partial charge on any atom is 0.170 e. The van der Waals surface area contributed by atoms with Gasteiger partial charge in [-0.05, 0) is 54.4 Å². The summed E-state index contributed by atoms with van der Waals surface area (Å²) in [5.41, 5.74) is 4.87. The van der Waals surface area contributed by atoms with Crippen molar-refractivity contribution in [3.05, 3.63) is 54.1 Å². The van der Waals surface area contributed by atoms with E-state index in [0.717, 1.165) is 18.7 Å². The van der Waals surface area contributed by atoms with Crippen LogP contribution in [0.2, 0.25) is 0 Å². The number of rotatable bonds is 5. The second kappa shape index (κ2) is 7.79. The van der Waals surface area contributed by atoms with Crippen LogP contribution in [0.5, 0.6) is 0 Å². The van der Waals surface area contributed by atoms with Crippen LogP contribution in [0.3, 0.4) is 0 Å². The van der Waals surface area contributed by atoms with Crippen molar-refractivity contribution in [3.63, 3.8) is 0 Å². The number of nitrogens with one attached hydrogen (secondary N) is 2. The van der Waals surface area contributed by atoms with Crippen molar-refractivity contribution in [3.8, 4) is 11.1 Å². The van der Waals surface area contributed by atoms with Crippen LogP contribution in [0.1, 0.15) is 28.7 Å². The quantitative estimate of drug-likeness (QED) is 0.751.